The standard InChI is InChI=1S/C45H55N3O/c1-29-23-32(40-39(31-17-12-11-13-18-31)44(8,9)45(10,47-40)42(3,4)5)27-34(25-29)49-35-26-30(2)24-33(28-35)48-38-21-15-14-19-36(38)43(6,7)37-20-16-22-46-41(37)48/h14-16,19-28,31,39H,11-13,17-18H2,1-10H3/t39?,45-/m1/s1. The number of para-hydroxylation sites is 1. The van der Waals surface area contributed by atoms with E-state index in [4.69, 9.17) is 14.7 Å². The fourth-order valence-corrected chi connectivity index (χ4v) is 9.55. The molecule has 0 N–H and O–H groups in total. The molecule has 3 aromatic carbocycles. The van der Waals surface area contributed by atoms with Gasteiger partial charge in [-0.05, 0) is 115 Å². The highest BCUT2D eigenvalue weighted by Crippen LogP contribution is 2.60. The van der Waals surface area contributed by atoms with E-state index < -0.39 is 0 Å². The van der Waals surface area contributed by atoms with Gasteiger partial charge in [0.1, 0.15) is 17.3 Å². The molecule has 0 saturated heterocycles. The van der Waals surface area contributed by atoms with Crippen molar-refractivity contribution in [2.45, 2.75) is 112 Å². The van der Waals surface area contributed by atoms with Gasteiger partial charge in [0.05, 0.1) is 16.9 Å². The first kappa shape index (κ1) is 33.6. The van der Waals surface area contributed by atoms with E-state index in [1.165, 1.54) is 60.1 Å². The molecule has 2 atom stereocenters. The summed E-state index contributed by atoms with van der Waals surface area (Å²) in [5, 5.41) is 0. The van der Waals surface area contributed by atoms with Crippen LogP contribution < -0.4 is 9.64 Å². The molecule has 0 amide bonds. The first-order chi connectivity index (χ1) is 23.1. The van der Waals surface area contributed by atoms with Gasteiger partial charge in [-0.25, -0.2) is 4.98 Å². The molecule has 0 radical (unpaired) electrons. The molecule has 4 heteroatoms. The summed E-state index contributed by atoms with van der Waals surface area (Å²) in [4.78, 5) is 13.0. The maximum Gasteiger partial charge on any atom is 0.141 e. The maximum absolute atomic E-state index is 6.84. The molecule has 49 heavy (non-hydrogen) atoms. The maximum atomic E-state index is 6.84. The van der Waals surface area contributed by atoms with E-state index >= 15 is 0 Å². The number of rotatable bonds is 5. The second-order valence-electron chi connectivity index (χ2n) is 17.4. The number of aryl methyl sites for hydroxylation is 2. The van der Waals surface area contributed by atoms with Crippen molar-refractivity contribution in [3.8, 4) is 11.5 Å². The van der Waals surface area contributed by atoms with Gasteiger partial charge in [0.2, 0.25) is 0 Å². The zero-order valence-electron chi connectivity index (χ0n) is 31.4. The minimum atomic E-state index is -0.183. The van der Waals surface area contributed by atoms with Gasteiger partial charge in [0.15, 0.2) is 0 Å². The molecule has 1 saturated carbocycles. The highest BCUT2D eigenvalue weighted by atomic mass is 16.5. The lowest BCUT2D eigenvalue weighted by Crippen LogP contribution is -2.51. The summed E-state index contributed by atoms with van der Waals surface area (Å²) in [5.41, 5.74) is 9.26. The predicted octanol–water partition coefficient (Wildman–Crippen LogP) is 12.4. The van der Waals surface area contributed by atoms with Gasteiger partial charge < -0.3 is 4.74 Å². The molecule has 1 unspecified atom stereocenters. The van der Waals surface area contributed by atoms with Gasteiger partial charge in [-0.3, -0.25) is 9.89 Å². The molecule has 3 aliphatic rings. The topological polar surface area (TPSA) is 37.7 Å². The van der Waals surface area contributed by atoms with E-state index in [-0.39, 0.29) is 21.8 Å². The Bertz CT molecular complexity index is 1870. The zero-order chi connectivity index (χ0) is 34.9. The number of aromatic nitrogens is 1. The third-order valence-corrected chi connectivity index (χ3v) is 12.6. The summed E-state index contributed by atoms with van der Waals surface area (Å²) < 4.78 is 6.84. The predicted molar refractivity (Wildman–Crippen MR) is 205 cm³/mol. The lowest BCUT2D eigenvalue weighted by Gasteiger charge is -2.50. The van der Waals surface area contributed by atoms with Crippen LogP contribution in [0.1, 0.15) is 115 Å². The van der Waals surface area contributed by atoms with E-state index in [1.54, 1.807) is 0 Å². The summed E-state index contributed by atoms with van der Waals surface area (Å²) in [6, 6.07) is 26.3. The van der Waals surface area contributed by atoms with Gasteiger partial charge >= 0.3 is 0 Å². The van der Waals surface area contributed by atoms with Gasteiger partial charge in [-0.1, -0.05) is 92.0 Å². The van der Waals surface area contributed by atoms with E-state index in [2.05, 4.69) is 141 Å². The Labute approximate surface area is 295 Å². The lowest BCUT2D eigenvalue weighted by molar-refractivity contribution is 0.0315. The fraction of sp³-hybridized carbons (Fsp3) is 0.467. The molecule has 1 aliphatic carbocycles. The Balaban J connectivity index is 1.29. The zero-order valence-corrected chi connectivity index (χ0v) is 31.4. The number of fused-ring (bicyclic) bond motifs is 2. The number of benzene rings is 3. The first-order valence-corrected chi connectivity index (χ1v) is 18.5. The van der Waals surface area contributed by atoms with Gasteiger partial charge in [0, 0.05) is 34.9 Å². The third-order valence-electron chi connectivity index (χ3n) is 12.6. The van der Waals surface area contributed by atoms with E-state index in [0.717, 1.165) is 34.3 Å². The van der Waals surface area contributed by atoms with E-state index in [1.807, 2.05) is 12.3 Å². The molecule has 4 nitrogen and oxygen atoms in total. The van der Waals surface area contributed by atoms with Crippen LogP contribution in [0.15, 0.2) is 84.0 Å². The van der Waals surface area contributed by atoms with Crippen molar-refractivity contribution in [2.75, 3.05) is 4.90 Å². The second-order valence-corrected chi connectivity index (χ2v) is 17.4. The van der Waals surface area contributed by atoms with Crippen molar-refractivity contribution in [3.63, 3.8) is 0 Å². The molecule has 4 aromatic rings. The van der Waals surface area contributed by atoms with Crippen LogP contribution in [0.4, 0.5) is 17.2 Å². The van der Waals surface area contributed by atoms with E-state index in [9.17, 15) is 0 Å². The SMILES string of the molecule is Cc1cc(Oc2cc(C)cc(N3c4ccccc4C(C)(C)c4cccnc43)c2)cc(C2=N[C@](C)(C(C)(C)C)C(C)(C)C2C2CCCCC2)c1. The molecule has 0 spiro atoms. The molecule has 0 bridgehead atoms. The monoisotopic (exact) mass is 653 g/mol. The molecule has 1 aromatic heterocycles. The van der Waals surface area contributed by atoms with Crippen molar-refractivity contribution in [1.29, 1.82) is 0 Å². The summed E-state index contributed by atoms with van der Waals surface area (Å²) in [6.45, 7) is 23.4. The summed E-state index contributed by atoms with van der Waals surface area (Å²) in [7, 11) is 0. The van der Waals surface area contributed by atoms with Crippen LogP contribution in [-0.2, 0) is 5.41 Å². The molecule has 256 valence electrons. The molecule has 3 heterocycles. The van der Waals surface area contributed by atoms with E-state index in [0.29, 0.717) is 11.8 Å². The highest BCUT2D eigenvalue weighted by molar-refractivity contribution is 6.05. The number of ether oxygens (including phenoxy) is 1. The summed E-state index contributed by atoms with van der Waals surface area (Å²) in [5.74, 6) is 3.72. The summed E-state index contributed by atoms with van der Waals surface area (Å²) >= 11 is 0. The van der Waals surface area contributed by atoms with Gasteiger partial charge in [-0.2, -0.15) is 0 Å². The first-order valence-electron chi connectivity index (χ1n) is 18.5. The van der Waals surface area contributed by atoms with Gasteiger partial charge in [-0.15, -0.1) is 0 Å². The largest absolute Gasteiger partial charge is 0.457 e. The Morgan fingerprint density at radius 1 is 0.755 bits per heavy atom. The minimum Gasteiger partial charge on any atom is -0.457 e. The Morgan fingerprint density at radius 3 is 2.12 bits per heavy atom. The normalized spacial score (nSPS) is 23.1. The third kappa shape index (κ3) is 5.50. The number of aliphatic imine (C=N–C) groups is 1. The molecule has 2 aliphatic heterocycles. The Morgan fingerprint density at radius 2 is 1.41 bits per heavy atom. The van der Waals surface area contributed by atoms with Crippen LogP contribution in [0, 0.1) is 36.5 Å². The van der Waals surface area contributed by atoms with Crippen LogP contribution in [-0.4, -0.2) is 16.2 Å². The smallest absolute Gasteiger partial charge is 0.141 e. The van der Waals surface area contributed by atoms with Crippen molar-refractivity contribution in [2.24, 2.45) is 27.7 Å². The average Bonchev–Trinajstić information content (AvgIpc) is 3.27. The van der Waals surface area contributed by atoms with Crippen molar-refractivity contribution in [1.82, 2.24) is 4.98 Å². The second kappa shape index (κ2) is 11.9. The lowest BCUT2D eigenvalue weighted by atomic mass is 9.54. The van der Waals surface area contributed by atoms with Crippen LogP contribution in [0.5, 0.6) is 11.5 Å². The van der Waals surface area contributed by atoms with Crippen LogP contribution in [0.25, 0.3) is 0 Å². The molecular weight excluding hydrogens is 599 g/mol. The quantitative estimate of drug-likeness (QED) is 0.215. The number of anilines is 3. The molecule has 7 rings (SSSR count). The van der Waals surface area contributed by atoms with Crippen molar-refractivity contribution < 1.29 is 4.74 Å². The highest BCUT2D eigenvalue weighted by Gasteiger charge is 2.60. The Hall–Kier alpha value is -3.92. The van der Waals surface area contributed by atoms with Crippen molar-refractivity contribution in [3.05, 3.63) is 107 Å². The average molecular weight is 654 g/mol. The minimum absolute atomic E-state index is 0.0298. The number of hydrogen-bond donors (Lipinski definition) is 0. The molecular formula is C45H55N3O. The fourth-order valence-electron chi connectivity index (χ4n) is 9.55. The number of nitrogens with zero attached hydrogens (tertiary/aromatic N) is 3. The molecule has 1 fully saturated rings. The Kier molecular flexibility index (Phi) is 8.12. The van der Waals surface area contributed by atoms with Gasteiger partial charge in [0.25, 0.3) is 0 Å². The number of hydrogen-bond acceptors (Lipinski definition) is 4. The van der Waals surface area contributed by atoms with Crippen molar-refractivity contribution >= 4 is 22.9 Å². The number of pyridine rings is 1. The van der Waals surface area contributed by atoms with Crippen LogP contribution in [0.2, 0.25) is 0 Å². The summed E-state index contributed by atoms with van der Waals surface area (Å²) in [6.07, 6.45) is 8.50. The van der Waals surface area contributed by atoms with Crippen LogP contribution in [0.3, 0.4) is 0 Å². The van der Waals surface area contributed by atoms with Crippen LogP contribution >= 0.6 is 0 Å².